The summed E-state index contributed by atoms with van der Waals surface area (Å²) in [5.41, 5.74) is 0.809. The van der Waals surface area contributed by atoms with Gasteiger partial charge in [-0.05, 0) is 25.0 Å². The zero-order chi connectivity index (χ0) is 16.7. The fourth-order valence-electron chi connectivity index (χ4n) is 3.25. The van der Waals surface area contributed by atoms with E-state index in [1.807, 2.05) is 36.4 Å². The highest BCUT2D eigenvalue weighted by molar-refractivity contribution is 7.22. The number of nitrogens with one attached hydrogen (secondary N) is 1. The van der Waals surface area contributed by atoms with Gasteiger partial charge in [0.05, 0.1) is 22.1 Å². The first-order valence-electron chi connectivity index (χ1n) is 7.79. The van der Waals surface area contributed by atoms with Crippen molar-refractivity contribution in [1.29, 1.82) is 0 Å². The molecule has 1 aliphatic heterocycles. The molecule has 4 rings (SSSR count). The van der Waals surface area contributed by atoms with E-state index in [4.69, 9.17) is 0 Å². The van der Waals surface area contributed by atoms with Crippen LogP contribution >= 0.6 is 11.3 Å². The molecule has 1 aromatic heterocycles. The van der Waals surface area contributed by atoms with Gasteiger partial charge in [-0.3, -0.25) is 19.3 Å². The molecule has 3 amide bonds. The molecule has 1 aromatic carbocycles. The molecular formula is C17H15N3O3S. The van der Waals surface area contributed by atoms with Gasteiger partial charge < -0.3 is 5.32 Å². The fraction of sp³-hybridized carbons (Fsp3) is 0.294. The predicted octanol–water partition coefficient (Wildman–Crippen LogP) is 2.19. The van der Waals surface area contributed by atoms with Crippen molar-refractivity contribution < 1.29 is 14.4 Å². The fourth-order valence-corrected chi connectivity index (χ4v) is 4.13. The summed E-state index contributed by atoms with van der Waals surface area (Å²) >= 11 is 1.36. The SMILES string of the molecule is O=C(CN1C(=O)[C@H]2CC=CC[C@@H]2C1=O)Nc1nc2ccccc2s1. The van der Waals surface area contributed by atoms with Gasteiger partial charge in [0.1, 0.15) is 6.54 Å². The number of imide groups is 1. The molecule has 6 nitrogen and oxygen atoms in total. The van der Waals surface area contributed by atoms with Crippen molar-refractivity contribution >= 4 is 44.4 Å². The van der Waals surface area contributed by atoms with Crippen LogP contribution in [0.25, 0.3) is 10.2 Å². The highest BCUT2D eigenvalue weighted by atomic mass is 32.1. The number of allylic oxidation sites excluding steroid dienone is 2. The number of para-hydroxylation sites is 1. The van der Waals surface area contributed by atoms with Crippen LogP contribution in [0.1, 0.15) is 12.8 Å². The standard InChI is InChI=1S/C17H15N3O3S/c21-14(19-17-18-12-7-3-4-8-13(12)24-17)9-20-15(22)10-5-1-2-6-11(10)16(20)23/h1-4,7-8,10-11H,5-6,9H2,(H,18,19,21)/t10-,11-/m0/s1. The van der Waals surface area contributed by atoms with Crippen molar-refractivity contribution in [3.8, 4) is 0 Å². The van der Waals surface area contributed by atoms with Gasteiger partial charge in [-0.15, -0.1) is 0 Å². The van der Waals surface area contributed by atoms with Crippen LogP contribution in [0.5, 0.6) is 0 Å². The first-order valence-corrected chi connectivity index (χ1v) is 8.61. The normalized spacial score (nSPS) is 22.9. The molecule has 7 heteroatoms. The minimum atomic E-state index is -0.401. The number of aromatic nitrogens is 1. The Morgan fingerprint density at radius 3 is 2.50 bits per heavy atom. The van der Waals surface area contributed by atoms with E-state index in [9.17, 15) is 14.4 Å². The van der Waals surface area contributed by atoms with Crippen molar-refractivity contribution in [1.82, 2.24) is 9.88 Å². The molecule has 1 aliphatic carbocycles. The first-order chi connectivity index (χ1) is 11.6. The van der Waals surface area contributed by atoms with E-state index in [0.29, 0.717) is 18.0 Å². The van der Waals surface area contributed by atoms with E-state index in [1.165, 1.54) is 11.3 Å². The zero-order valence-corrected chi connectivity index (χ0v) is 13.6. The second-order valence-electron chi connectivity index (χ2n) is 5.95. The quantitative estimate of drug-likeness (QED) is 0.685. The number of anilines is 1. The molecule has 2 heterocycles. The maximum atomic E-state index is 12.4. The van der Waals surface area contributed by atoms with E-state index in [0.717, 1.165) is 15.1 Å². The lowest BCUT2D eigenvalue weighted by Gasteiger charge is -2.14. The Bertz CT molecular complexity index is 814. The number of nitrogens with zero attached hydrogens (tertiary/aromatic N) is 2. The second kappa shape index (κ2) is 5.83. The largest absolute Gasteiger partial charge is 0.300 e. The minimum absolute atomic E-state index is 0.242. The van der Waals surface area contributed by atoms with Gasteiger partial charge in [-0.25, -0.2) is 4.98 Å². The predicted molar refractivity (Wildman–Crippen MR) is 90.3 cm³/mol. The molecule has 24 heavy (non-hydrogen) atoms. The number of fused-ring (bicyclic) bond motifs is 2. The van der Waals surface area contributed by atoms with Gasteiger partial charge in [0.2, 0.25) is 17.7 Å². The summed E-state index contributed by atoms with van der Waals surface area (Å²) in [5.74, 6) is -1.50. The average Bonchev–Trinajstić information content (AvgIpc) is 3.09. The number of carbonyl (C=O) groups is 3. The molecule has 0 spiro atoms. The summed E-state index contributed by atoms with van der Waals surface area (Å²) in [6.07, 6.45) is 5.00. The van der Waals surface area contributed by atoms with Crippen molar-refractivity contribution in [2.45, 2.75) is 12.8 Å². The summed E-state index contributed by atoms with van der Waals surface area (Å²) in [4.78, 5) is 42.4. The number of hydrogen-bond acceptors (Lipinski definition) is 5. The number of thiazole rings is 1. The number of amides is 3. The van der Waals surface area contributed by atoms with E-state index in [1.54, 1.807) is 0 Å². The summed E-state index contributed by atoms with van der Waals surface area (Å²) < 4.78 is 0.971. The highest BCUT2D eigenvalue weighted by Crippen LogP contribution is 2.35. The lowest BCUT2D eigenvalue weighted by Crippen LogP contribution is -2.38. The summed E-state index contributed by atoms with van der Waals surface area (Å²) in [6.45, 7) is -0.249. The van der Waals surface area contributed by atoms with Gasteiger partial charge >= 0.3 is 0 Å². The van der Waals surface area contributed by atoms with Gasteiger partial charge in [-0.1, -0.05) is 35.6 Å². The number of rotatable bonds is 3. The Kier molecular flexibility index (Phi) is 3.65. The molecule has 0 radical (unpaired) electrons. The smallest absolute Gasteiger partial charge is 0.246 e. The van der Waals surface area contributed by atoms with Crippen LogP contribution in [0, 0.1) is 11.8 Å². The molecule has 1 saturated heterocycles. The van der Waals surface area contributed by atoms with E-state index in [-0.39, 0.29) is 30.2 Å². The number of hydrogen-bond donors (Lipinski definition) is 1. The van der Waals surface area contributed by atoms with Gasteiger partial charge in [0, 0.05) is 0 Å². The van der Waals surface area contributed by atoms with Crippen LogP contribution in [-0.4, -0.2) is 34.2 Å². The summed E-state index contributed by atoms with van der Waals surface area (Å²) in [7, 11) is 0. The Balaban J connectivity index is 1.46. The Morgan fingerprint density at radius 2 is 1.83 bits per heavy atom. The van der Waals surface area contributed by atoms with Gasteiger partial charge in [-0.2, -0.15) is 0 Å². The Hall–Kier alpha value is -2.54. The average molecular weight is 341 g/mol. The van der Waals surface area contributed by atoms with Gasteiger partial charge in [0.25, 0.3) is 0 Å². The molecule has 0 unspecified atom stereocenters. The van der Waals surface area contributed by atoms with Crippen LogP contribution < -0.4 is 5.32 Å². The second-order valence-corrected chi connectivity index (χ2v) is 6.98. The molecule has 1 N–H and O–H groups in total. The maximum absolute atomic E-state index is 12.4. The van der Waals surface area contributed by atoms with E-state index >= 15 is 0 Å². The van der Waals surface area contributed by atoms with Crippen LogP contribution in [0.4, 0.5) is 5.13 Å². The van der Waals surface area contributed by atoms with Crippen LogP contribution in [0.15, 0.2) is 36.4 Å². The van der Waals surface area contributed by atoms with Crippen molar-refractivity contribution in [2.75, 3.05) is 11.9 Å². The third kappa shape index (κ3) is 2.50. The van der Waals surface area contributed by atoms with E-state index < -0.39 is 5.91 Å². The summed E-state index contributed by atoms with van der Waals surface area (Å²) in [5, 5.41) is 3.16. The minimum Gasteiger partial charge on any atom is -0.300 e. The lowest BCUT2D eigenvalue weighted by atomic mass is 9.85. The van der Waals surface area contributed by atoms with Crippen LogP contribution in [0.2, 0.25) is 0 Å². The number of carbonyl (C=O) groups excluding carboxylic acids is 3. The number of likely N-dealkylation sites (tertiary alicyclic amines) is 1. The maximum Gasteiger partial charge on any atom is 0.246 e. The molecular weight excluding hydrogens is 326 g/mol. The third-order valence-electron chi connectivity index (χ3n) is 4.44. The van der Waals surface area contributed by atoms with Crippen LogP contribution in [0.3, 0.4) is 0 Å². The summed E-state index contributed by atoms with van der Waals surface area (Å²) in [6, 6.07) is 7.58. The number of benzene rings is 1. The molecule has 2 aliphatic rings. The topological polar surface area (TPSA) is 79.4 Å². The molecule has 2 aromatic rings. The lowest BCUT2D eigenvalue weighted by molar-refractivity contribution is -0.142. The molecule has 0 bridgehead atoms. The monoisotopic (exact) mass is 341 g/mol. The molecule has 2 atom stereocenters. The Morgan fingerprint density at radius 1 is 1.17 bits per heavy atom. The van der Waals surface area contributed by atoms with Crippen molar-refractivity contribution in [2.24, 2.45) is 11.8 Å². The zero-order valence-electron chi connectivity index (χ0n) is 12.8. The molecule has 0 saturated carbocycles. The first kappa shape index (κ1) is 15.0. The van der Waals surface area contributed by atoms with Crippen molar-refractivity contribution in [3.63, 3.8) is 0 Å². The molecule has 1 fully saturated rings. The van der Waals surface area contributed by atoms with Gasteiger partial charge in [0.15, 0.2) is 5.13 Å². The van der Waals surface area contributed by atoms with Crippen LogP contribution in [-0.2, 0) is 14.4 Å². The Labute approximate surface area is 142 Å². The van der Waals surface area contributed by atoms with Crippen molar-refractivity contribution in [3.05, 3.63) is 36.4 Å². The molecule has 122 valence electrons. The third-order valence-corrected chi connectivity index (χ3v) is 5.39. The highest BCUT2D eigenvalue weighted by Gasteiger charge is 2.47. The van der Waals surface area contributed by atoms with E-state index in [2.05, 4.69) is 10.3 Å².